The van der Waals surface area contributed by atoms with Crippen molar-refractivity contribution in [3.63, 3.8) is 0 Å². The number of allylic oxidation sites excluding steroid dienone is 2. The van der Waals surface area contributed by atoms with E-state index in [2.05, 4.69) is 12.1 Å². The van der Waals surface area contributed by atoms with E-state index in [1.54, 1.807) is 0 Å². The fraction of sp³-hybridized carbons (Fsp3) is 0.643. The van der Waals surface area contributed by atoms with Crippen LogP contribution in [0, 0.1) is 28.1 Å². The molecule has 3 nitrogen and oxygen atoms in total. The van der Waals surface area contributed by atoms with Crippen LogP contribution in [0.2, 0.25) is 0 Å². The summed E-state index contributed by atoms with van der Waals surface area (Å²) in [6, 6.07) is 4.16. The van der Waals surface area contributed by atoms with Crippen LogP contribution < -0.4 is 0 Å². The Morgan fingerprint density at radius 1 is 1.29 bits per heavy atom. The molecule has 0 atom stereocenters. The first-order valence-corrected chi connectivity index (χ1v) is 6.14. The molecule has 17 heavy (non-hydrogen) atoms. The highest BCUT2D eigenvalue weighted by Crippen LogP contribution is 2.31. The van der Waals surface area contributed by atoms with Crippen molar-refractivity contribution in [2.75, 3.05) is 0 Å². The molecule has 0 heterocycles. The van der Waals surface area contributed by atoms with Crippen LogP contribution >= 0.6 is 0 Å². The molecule has 0 aromatic carbocycles. The highest BCUT2D eigenvalue weighted by atomic mass is 16.1. The van der Waals surface area contributed by atoms with Crippen molar-refractivity contribution in [1.29, 1.82) is 10.5 Å². The van der Waals surface area contributed by atoms with E-state index in [9.17, 15) is 15.3 Å². The first-order chi connectivity index (χ1) is 8.12. The van der Waals surface area contributed by atoms with E-state index in [1.807, 2.05) is 6.08 Å². The Morgan fingerprint density at radius 2 is 1.88 bits per heavy atom. The van der Waals surface area contributed by atoms with Gasteiger partial charge >= 0.3 is 0 Å². The Labute approximate surface area is 103 Å². The van der Waals surface area contributed by atoms with Gasteiger partial charge in [0.05, 0.1) is 12.1 Å². The maximum atomic E-state index is 11.0. The van der Waals surface area contributed by atoms with Gasteiger partial charge in [0.1, 0.15) is 5.78 Å². The van der Waals surface area contributed by atoms with Gasteiger partial charge in [-0.15, -0.1) is 0 Å². The van der Waals surface area contributed by atoms with Crippen molar-refractivity contribution < 1.29 is 4.79 Å². The minimum Gasteiger partial charge on any atom is -0.300 e. The summed E-state index contributed by atoms with van der Waals surface area (Å²) in [4.78, 5) is 11.0. The van der Waals surface area contributed by atoms with E-state index >= 15 is 0 Å². The summed E-state index contributed by atoms with van der Waals surface area (Å²) in [6.45, 7) is 1.49. The quantitative estimate of drug-likeness (QED) is 0.696. The molecule has 90 valence electrons. The number of carbonyl (C=O) groups is 1. The molecule has 0 radical (unpaired) electrons. The lowest BCUT2D eigenvalue weighted by atomic mass is 9.81. The zero-order valence-corrected chi connectivity index (χ0v) is 10.3. The lowest BCUT2D eigenvalue weighted by molar-refractivity contribution is -0.117. The van der Waals surface area contributed by atoms with Gasteiger partial charge < -0.3 is 4.79 Å². The molecule has 0 aromatic rings. The zero-order valence-electron chi connectivity index (χ0n) is 10.3. The van der Waals surface area contributed by atoms with Crippen molar-refractivity contribution in [2.24, 2.45) is 5.41 Å². The smallest absolute Gasteiger partial charge is 0.162 e. The predicted octanol–water partition coefficient (Wildman–Crippen LogP) is 3.28. The van der Waals surface area contributed by atoms with Gasteiger partial charge in [-0.25, -0.2) is 0 Å². The van der Waals surface area contributed by atoms with Gasteiger partial charge in [-0.1, -0.05) is 18.1 Å². The van der Waals surface area contributed by atoms with E-state index in [1.165, 1.54) is 18.9 Å². The fourth-order valence-electron chi connectivity index (χ4n) is 2.15. The minimum absolute atomic E-state index is 0.0296. The highest BCUT2D eigenvalue weighted by molar-refractivity contribution is 5.75. The van der Waals surface area contributed by atoms with Gasteiger partial charge in [0.25, 0.3) is 0 Å². The van der Waals surface area contributed by atoms with Crippen molar-refractivity contribution in [1.82, 2.24) is 0 Å². The topological polar surface area (TPSA) is 64.7 Å². The van der Waals surface area contributed by atoms with Crippen molar-refractivity contribution in [3.8, 4) is 12.1 Å². The number of hydrogen-bond acceptors (Lipinski definition) is 3. The van der Waals surface area contributed by atoms with Gasteiger partial charge in [-0.05, 0) is 39.0 Å². The summed E-state index contributed by atoms with van der Waals surface area (Å²) in [5.74, 6) is 0.0296. The van der Waals surface area contributed by atoms with Crippen LogP contribution in [0.3, 0.4) is 0 Å². The molecule has 0 bridgehead atoms. The monoisotopic (exact) mass is 230 g/mol. The summed E-state index contributed by atoms with van der Waals surface area (Å²) in [5.41, 5.74) is 0.112. The van der Waals surface area contributed by atoms with Crippen LogP contribution in [0.25, 0.3) is 0 Å². The van der Waals surface area contributed by atoms with E-state index in [4.69, 9.17) is 0 Å². The van der Waals surface area contributed by atoms with Crippen LogP contribution in [0.4, 0.5) is 0 Å². The molecule has 1 aliphatic rings. The van der Waals surface area contributed by atoms with Crippen molar-refractivity contribution >= 4 is 5.78 Å². The van der Waals surface area contributed by atoms with Crippen LogP contribution in [0.5, 0.6) is 0 Å². The average Bonchev–Trinajstić information content (AvgIpc) is 2.36. The van der Waals surface area contributed by atoms with Crippen LogP contribution in [-0.4, -0.2) is 5.78 Å². The minimum atomic E-state index is -1.10. The Balaban J connectivity index is 2.80. The Morgan fingerprint density at radius 3 is 2.35 bits per heavy atom. The van der Waals surface area contributed by atoms with Gasteiger partial charge in [-0.2, -0.15) is 10.5 Å². The molecule has 1 rings (SSSR count). The van der Waals surface area contributed by atoms with E-state index in [0.29, 0.717) is 12.8 Å². The number of Topliss-reactive ketones (excluding diaryl/α,β-unsaturated/α-hetero) is 1. The summed E-state index contributed by atoms with van der Waals surface area (Å²) < 4.78 is 0. The molecule has 3 heteroatoms. The molecule has 0 amide bonds. The maximum absolute atomic E-state index is 11.0. The molecule has 0 aliphatic heterocycles. The van der Waals surface area contributed by atoms with Crippen LogP contribution in [-0.2, 0) is 4.79 Å². The second-order valence-corrected chi connectivity index (χ2v) is 4.76. The number of nitriles is 2. The summed E-state index contributed by atoms with van der Waals surface area (Å²) in [5, 5.41) is 18.4. The second kappa shape index (κ2) is 6.21. The van der Waals surface area contributed by atoms with Gasteiger partial charge in [0, 0.05) is 6.42 Å². The maximum Gasteiger partial charge on any atom is 0.162 e. The van der Waals surface area contributed by atoms with Crippen LogP contribution in [0.1, 0.15) is 51.9 Å². The number of ketones is 1. The second-order valence-electron chi connectivity index (χ2n) is 4.76. The third-order valence-corrected chi connectivity index (χ3v) is 3.22. The lowest BCUT2D eigenvalue weighted by Crippen LogP contribution is -2.16. The summed E-state index contributed by atoms with van der Waals surface area (Å²) in [7, 11) is 0. The van der Waals surface area contributed by atoms with Crippen molar-refractivity contribution in [2.45, 2.75) is 51.9 Å². The van der Waals surface area contributed by atoms with Gasteiger partial charge in [0.2, 0.25) is 0 Å². The van der Waals surface area contributed by atoms with E-state index in [0.717, 1.165) is 25.7 Å². The van der Waals surface area contributed by atoms with E-state index < -0.39 is 5.41 Å². The third-order valence-electron chi connectivity index (χ3n) is 3.22. The molecule has 0 aromatic heterocycles. The normalized spacial score (nSPS) is 15.8. The molecule has 1 saturated carbocycles. The van der Waals surface area contributed by atoms with Crippen LogP contribution in [0.15, 0.2) is 11.6 Å². The molecule has 0 N–H and O–H groups in total. The summed E-state index contributed by atoms with van der Waals surface area (Å²) in [6.07, 6.45) is 7.93. The van der Waals surface area contributed by atoms with Crippen molar-refractivity contribution in [3.05, 3.63) is 11.6 Å². The Hall–Kier alpha value is -1.61. The standard InChI is InChI=1S/C14H18N2O/c1-12(17)7-8-14(10-15,11-16)9-13-5-3-2-4-6-13/h9H,2-8H2,1H3. The molecule has 1 aliphatic carbocycles. The molecule has 0 unspecified atom stereocenters. The Bertz CT molecular complexity index is 373. The molecule has 0 saturated heterocycles. The highest BCUT2D eigenvalue weighted by Gasteiger charge is 2.28. The first kappa shape index (κ1) is 13.5. The molecular weight excluding hydrogens is 212 g/mol. The molecule has 0 spiro atoms. The first-order valence-electron chi connectivity index (χ1n) is 6.14. The SMILES string of the molecule is CC(=O)CCC(C#N)(C#N)C=C1CCCCC1. The zero-order chi connectivity index (χ0) is 12.7. The number of hydrogen-bond donors (Lipinski definition) is 0. The lowest BCUT2D eigenvalue weighted by Gasteiger charge is -2.19. The molecular formula is C14H18N2O. The van der Waals surface area contributed by atoms with E-state index in [-0.39, 0.29) is 5.78 Å². The number of nitrogens with zero attached hydrogens (tertiary/aromatic N) is 2. The summed E-state index contributed by atoms with van der Waals surface area (Å²) >= 11 is 0. The van der Waals surface area contributed by atoms with Gasteiger partial charge in [-0.3, -0.25) is 0 Å². The fourth-order valence-corrected chi connectivity index (χ4v) is 2.15. The number of rotatable bonds is 4. The predicted molar refractivity (Wildman–Crippen MR) is 64.7 cm³/mol. The third kappa shape index (κ3) is 4.04. The largest absolute Gasteiger partial charge is 0.300 e. The Kier molecular flexibility index (Phi) is 4.91. The molecule has 1 fully saturated rings. The van der Waals surface area contributed by atoms with Gasteiger partial charge in [0.15, 0.2) is 5.41 Å². The average molecular weight is 230 g/mol. The number of carbonyl (C=O) groups excluding carboxylic acids is 1.